The van der Waals surface area contributed by atoms with Crippen molar-refractivity contribution in [2.24, 2.45) is 0 Å². The third-order valence-electron chi connectivity index (χ3n) is 5.42. The number of aliphatic hydroxyl groups is 1. The van der Waals surface area contributed by atoms with Gasteiger partial charge in [-0.2, -0.15) is 5.06 Å². The van der Waals surface area contributed by atoms with Crippen molar-refractivity contribution >= 4 is 27.4 Å². The Hall–Kier alpha value is -1.37. The molecule has 1 spiro atoms. The fourth-order valence-electron chi connectivity index (χ4n) is 3.80. The first-order valence-electron chi connectivity index (χ1n) is 8.10. The molecule has 3 rings (SSSR count). The van der Waals surface area contributed by atoms with E-state index in [9.17, 15) is 9.90 Å². The lowest BCUT2D eigenvalue weighted by Gasteiger charge is -2.42. The summed E-state index contributed by atoms with van der Waals surface area (Å²) in [7, 11) is 3.43. The third-order valence-corrected chi connectivity index (χ3v) is 6.28. The maximum atomic E-state index is 12.9. The fourth-order valence-corrected chi connectivity index (χ4v) is 4.15. The van der Waals surface area contributed by atoms with Gasteiger partial charge < -0.3 is 14.8 Å². The molecule has 2 aliphatic heterocycles. The van der Waals surface area contributed by atoms with Crippen LogP contribution in [0.4, 0.5) is 0 Å². The van der Waals surface area contributed by atoms with Crippen molar-refractivity contribution in [3.63, 3.8) is 0 Å². The summed E-state index contributed by atoms with van der Waals surface area (Å²) < 4.78 is 0.939. The molecular weight excluding hydrogens is 372 g/mol. The maximum absolute atomic E-state index is 12.9. The lowest BCUT2D eigenvalue weighted by atomic mass is 9.85. The maximum Gasteiger partial charge on any atom is 0.258 e. The zero-order valence-corrected chi connectivity index (χ0v) is 16.1. The summed E-state index contributed by atoms with van der Waals surface area (Å²) in [6, 6.07) is 3.97. The normalized spacial score (nSPS) is 21.2. The number of hydrogen-bond acceptors (Lipinski definition) is 4. The molecule has 1 aromatic carbocycles. The van der Waals surface area contributed by atoms with Gasteiger partial charge in [0.15, 0.2) is 0 Å². The van der Waals surface area contributed by atoms with E-state index in [2.05, 4.69) is 15.9 Å². The largest absolute Gasteiger partial charge is 0.509 e. The number of nitrogens with zero attached hydrogens (tertiary/aromatic N) is 2. The molecule has 0 bridgehead atoms. The van der Waals surface area contributed by atoms with Gasteiger partial charge in [-0.25, -0.2) is 0 Å². The van der Waals surface area contributed by atoms with Crippen LogP contribution in [0.15, 0.2) is 22.4 Å². The molecule has 0 unspecified atom stereocenters. The van der Waals surface area contributed by atoms with E-state index in [4.69, 9.17) is 4.84 Å². The minimum atomic E-state index is -0.620. The average molecular weight is 395 g/mol. The van der Waals surface area contributed by atoms with Crippen LogP contribution in [-0.4, -0.2) is 53.8 Å². The Labute approximate surface area is 151 Å². The van der Waals surface area contributed by atoms with Gasteiger partial charge in [0.25, 0.3) is 5.91 Å². The van der Waals surface area contributed by atoms with Gasteiger partial charge in [0.2, 0.25) is 0 Å². The Kier molecular flexibility index (Phi) is 4.49. The quantitative estimate of drug-likeness (QED) is 0.836. The van der Waals surface area contributed by atoms with Crippen molar-refractivity contribution in [3.8, 4) is 0 Å². The zero-order chi connectivity index (χ0) is 17.6. The summed E-state index contributed by atoms with van der Waals surface area (Å²) in [6.45, 7) is 5.35. The molecule has 1 amide bonds. The van der Waals surface area contributed by atoms with Crippen LogP contribution in [0.2, 0.25) is 0 Å². The highest BCUT2D eigenvalue weighted by molar-refractivity contribution is 9.10. The lowest BCUT2D eigenvalue weighted by molar-refractivity contribution is -0.162. The van der Waals surface area contributed by atoms with Crippen LogP contribution in [0.5, 0.6) is 0 Å². The van der Waals surface area contributed by atoms with Gasteiger partial charge in [-0.05, 0) is 49.4 Å². The average Bonchev–Trinajstić information content (AvgIpc) is 2.74. The summed E-state index contributed by atoms with van der Waals surface area (Å²) in [5.41, 5.74) is 2.71. The highest BCUT2D eigenvalue weighted by atomic mass is 79.9. The number of carbonyl (C=O) groups excluding carboxylic acids is 1. The van der Waals surface area contributed by atoms with Gasteiger partial charge in [-0.15, -0.1) is 0 Å². The molecule has 2 heterocycles. The van der Waals surface area contributed by atoms with Crippen LogP contribution in [0.25, 0.3) is 5.57 Å². The third kappa shape index (κ3) is 2.48. The molecule has 0 atom stereocenters. The van der Waals surface area contributed by atoms with Gasteiger partial charge in [-0.3, -0.25) is 4.79 Å². The molecule has 130 valence electrons. The highest BCUT2D eigenvalue weighted by Crippen LogP contribution is 2.45. The van der Waals surface area contributed by atoms with Crippen molar-refractivity contribution in [1.29, 1.82) is 0 Å². The topological polar surface area (TPSA) is 53.0 Å². The Bertz CT molecular complexity index is 721. The molecule has 0 aliphatic carbocycles. The highest BCUT2D eigenvalue weighted by Gasteiger charge is 2.52. The van der Waals surface area contributed by atoms with E-state index in [0.29, 0.717) is 31.5 Å². The number of piperidine rings is 1. The van der Waals surface area contributed by atoms with Gasteiger partial charge in [0, 0.05) is 24.6 Å². The number of halogens is 1. The summed E-state index contributed by atoms with van der Waals surface area (Å²) in [5.74, 6) is 0.0850. The predicted molar refractivity (Wildman–Crippen MR) is 96.5 cm³/mol. The van der Waals surface area contributed by atoms with E-state index >= 15 is 0 Å². The molecule has 1 N–H and O–H groups in total. The second kappa shape index (κ2) is 6.17. The molecule has 6 heteroatoms. The van der Waals surface area contributed by atoms with E-state index in [-0.39, 0.29) is 11.7 Å². The van der Waals surface area contributed by atoms with Gasteiger partial charge in [-0.1, -0.05) is 22.0 Å². The number of carbonyl (C=O) groups is 1. The standard InChI is InChI=1S/C18H23BrN2O3/c1-11-9-12(2)14(19)10-13(11)15-16(22)18(20(3)17(15)23)5-7-21(24-4)8-6-18/h9-10,22H,5-8H2,1-4H3. The number of hydroxylamine groups is 2. The first kappa shape index (κ1) is 17.5. The van der Waals surface area contributed by atoms with Crippen LogP contribution < -0.4 is 0 Å². The Morgan fingerprint density at radius 2 is 1.83 bits per heavy atom. The van der Waals surface area contributed by atoms with Crippen LogP contribution in [0.1, 0.15) is 29.5 Å². The van der Waals surface area contributed by atoms with Crippen molar-refractivity contribution in [2.75, 3.05) is 27.2 Å². The number of aliphatic hydroxyl groups excluding tert-OH is 1. The summed E-state index contributed by atoms with van der Waals surface area (Å²) >= 11 is 3.53. The zero-order valence-electron chi connectivity index (χ0n) is 14.5. The monoisotopic (exact) mass is 394 g/mol. The van der Waals surface area contributed by atoms with Crippen molar-refractivity contribution < 1.29 is 14.7 Å². The van der Waals surface area contributed by atoms with Crippen molar-refractivity contribution in [2.45, 2.75) is 32.2 Å². The lowest BCUT2D eigenvalue weighted by Crippen LogP contribution is -2.53. The molecule has 1 fully saturated rings. The Balaban J connectivity index is 2.08. The van der Waals surface area contributed by atoms with Crippen LogP contribution in [-0.2, 0) is 9.63 Å². The molecule has 1 saturated heterocycles. The minimum absolute atomic E-state index is 0.114. The molecule has 2 aliphatic rings. The van der Waals surface area contributed by atoms with Crippen molar-refractivity contribution in [1.82, 2.24) is 9.96 Å². The van der Waals surface area contributed by atoms with E-state index < -0.39 is 5.54 Å². The summed E-state index contributed by atoms with van der Waals surface area (Å²) in [4.78, 5) is 19.9. The molecule has 0 radical (unpaired) electrons. The molecular formula is C18H23BrN2O3. The molecule has 1 aromatic rings. The second-order valence-corrected chi connectivity index (χ2v) is 7.50. The number of amides is 1. The van der Waals surface area contributed by atoms with Gasteiger partial charge in [0.1, 0.15) is 11.3 Å². The molecule has 5 nitrogen and oxygen atoms in total. The molecule has 0 saturated carbocycles. The van der Waals surface area contributed by atoms with E-state index in [1.807, 2.05) is 31.0 Å². The smallest absolute Gasteiger partial charge is 0.258 e. The first-order valence-corrected chi connectivity index (χ1v) is 8.89. The number of rotatable bonds is 2. The summed E-state index contributed by atoms with van der Waals surface area (Å²) in [6.07, 6.45) is 1.31. The van der Waals surface area contributed by atoms with Crippen LogP contribution in [0.3, 0.4) is 0 Å². The van der Waals surface area contributed by atoms with Crippen molar-refractivity contribution in [3.05, 3.63) is 39.1 Å². The van der Waals surface area contributed by atoms with E-state index in [0.717, 1.165) is 21.2 Å². The van der Waals surface area contributed by atoms with E-state index in [1.54, 1.807) is 19.1 Å². The second-order valence-electron chi connectivity index (χ2n) is 6.65. The SMILES string of the molecule is CON1CCC2(CC1)C(O)=C(c1cc(Br)c(C)cc1C)C(=O)N2C. The Morgan fingerprint density at radius 1 is 1.21 bits per heavy atom. The number of benzene rings is 1. The van der Waals surface area contributed by atoms with Gasteiger partial charge >= 0.3 is 0 Å². The number of likely N-dealkylation sites (N-methyl/N-ethyl adjacent to an activating group) is 1. The number of aryl methyl sites for hydroxylation is 2. The van der Waals surface area contributed by atoms with Gasteiger partial charge in [0.05, 0.1) is 12.7 Å². The molecule has 0 aromatic heterocycles. The van der Waals surface area contributed by atoms with Crippen LogP contribution in [0, 0.1) is 13.8 Å². The first-order chi connectivity index (χ1) is 11.3. The number of hydrogen-bond donors (Lipinski definition) is 1. The predicted octanol–water partition coefficient (Wildman–Crippen LogP) is 3.20. The van der Waals surface area contributed by atoms with E-state index in [1.165, 1.54) is 0 Å². The van der Waals surface area contributed by atoms with Crippen LogP contribution >= 0.6 is 15.9 Å². The molecule has 24 heavy (non-hydrogen) atoms. The fraction of sp³-hybridized carbons (Fsp3) is 0.500. The minimum Gasteiger partial charge on any atom is -0.509 e. The Morgan fingerprint density at radius 3 is 2.42 bits per heavy atom. The summed E-state index contributed by atoms with van der Waals surface area (Å²) in [5, 5.41) is 12.9.